The molecule has 0 radical (unpaired) electrons. The van der Waals surface area contributed by atoms with Crippen molar-refractivity contribution in [2.24, 2.45) is 17.8 Å². The highest BCUT2D eigenvalue weighted by molar-refractivity contribution is 5.75. The summed E-state index contributed by atoms with van der Waals surface area (Å²) in [4.78, 5) is 55.5. The lowest BCUT2D eigenvalue weighted by Gasteiger charge is -2.28. The van der Waals surface area contributed by atoms with E-state index in [4.69, 9.17) is 18.9 Å². The van der Waals surface area contributed by atoms with Gasteiger partial charge in [-0.3, -0.25) is 9.59 Å². The third-order valence-electron chi connectivity index (χ3n) is 9.50. The number of aryl methyl sites for hydroxylation is 2. The van der Waals surface area contributed by atoms with E-state index < -0.39 is 22.4 Å². The molecule has 0 spiro atoms. The minimum absolute atomic E-state index is 0.0308. The Labute approximate surface area is 343 Å². The number of esters is 2. The van der Waals surface area contributed by atoms with Gasteiger partial charge in [0.25, 0.3) is 0 Å². The average molecular weight is 793 g/mol. The lowest BCUT2D eigenvalue weighted by atomic mass is 9.85. The van der Waals surface area contributed by atoms with Gasteiger partial charge < -0.3 is 28.7 Å². The van der Waals surface area contributed by atoms with Crippen LogP contribution in [0.25, 0.3) is 0 Å². The van der Waals surface area contributed by atoms with Gasteiger partial charge >= 0.3 is 24.1 Å². The summed E-state index contributed by atoms with van der Waals surface area (Å²) in [5, 5.41) is 0. The first kappa shape index (κ1) is 47.3. The molecule has 0 aromatic heterocycles. The first-order valence-electron chi connectivity index (χ1n) is 20.8. The van der Waals surface area contributed by atoms with E-state index in [0.29, 0.717) is 51.7 Å². The van der Waals surface area contributed by atoms with Crippen LogP contribution in [0.2, 0.25) is 0 Å². The highest BCUT2D eigenvalue weighted by Crippen LogP contribution is 2.31. The number of ether oxygens (including phenoxy) is 4. The summed E-state index contributed by atoms with van der Waals surface area (Å²) in [6.45, 7) is 23.9. The van der Waals surface area contributed by atoms with Gasteiger partial charge in [-0.05, 0) is 163 Å². The van der Waals surface area contributed by atoms with Gasteiger partial charge in [0.1, 0.15) is 22.4 Å². The molecule has 0 N–H and O–H groups in total. The van der Waals surface area contributed by atoms with Crippen LogP contribution >= 0.6 is 0 Å². The van der Waals surface area contributed by atoms with Crippen molar-refractivity contribution in [3.05, 3.63) is 70.8 Å². The molecular formula is C47H72N2O8. The van der Waals surface area contributed by atoms with Gasteiger partial charge in [-0.2, -0.15) is 0 Å². The third-order valence-corrected chi connectivity index (χ3v) is 9.50. The molecular weight excluding hydrogens is 721 g/mol. The molecule has 1 saturated heterocycles. The predicted molar refractivity (Wildman–Crippen MR) is 225 cm³/mol. The molecule has 1 fully saturated rings. The molecule has 318 valence electrons. The smallest absolute Gasteiger partial charge is 0.410 e. The van der Waals surface area contributed by atoms with E-state index in [0.717, 1.165) is 30.4 Å². The number of likely N-dealkylation sites (tertiary alicyclic amines) is 1. The molecule has 10 nitrogen and oxygen atoms in total. The quantitative estimate of drug-likeness (QED) is 0.130. The Morgan fingerprint density at radius 2 is 1.16 bits per heavy atom. The molecule has 3 rings (SSSR count). The number of nitrogens with zero attached hydrogens (tertiary/aromatic N) is 2. The molecule has 57 heavy (non-hydrogen) atoms. The number of amides is 2. The minimum atomic E-state index is -0.616. The maximum Gasteiger partial charge on any atom is 0.410 e. The molecule has 2 aromatic carbocycles. The van der Waals surface area contributed by atoms with E-state index in [1.54, 1.807) is 16.8 Å². The van der Waals surface area contributed by atoms with Crippen LogP contribution < -0.4 is 0 Å². The topological polar surface area (TPSA) is 112 Å². The Hall–Kier alpha value is -4.08. The van der Waals surface area contributed by atoms with Crippen LogP contribution in [-0.2, 0) is 54.2 Å². The van der Waals surface area contributed by atoms with E-state index in [9.17, 15) is 19.2 Å². The van der Waals surface area contributed by atoms with Crippen molar-refractivity contribution in [1.29, 1.82) is 0 Å². The van der Waals surface area contributed by atoms with Crippen LogP contribution in [-0.4, -0.2) is 83.0 Å². The zero-order valence-corrected chi connectivity index (χ0v) is 37.3. The van der Waals surface area contributed by atoms with Gasteiger partial charge in [0.05, 0.1) is 11.8 Å². The van der Waals surface area contributed by atoms with Crippen molar-refractivity contribution in [2.45, 2.75) is 157 Å². The maximum absolute atomic E-state index is 13.6. The van der Waals surface area contributed by atoms with Crippen molar-refractivity contribution in [3.8, 4) is 0 Å². The summed E-state index contributed by atoms with van der Waals surface area (Å²) in [7, 11) is 1.72. The second kappa shape index (κ2) is 20.1. The molecule has 0 aliphatic carbocycles. The third kappa shape index (κ3) is 17.9. The minimum Gasteiger partial charge on any atom is -0.460 e. The van der Waals surface area contributed by atoms with E-state index >= 15 is 0 Å². The van der Waals surface area contributed by atoms with Gasteiger partial charge in [0.15, 0.2) is 0 Å². The summed E-state index contributed by atoms with van der Waals surface area (Å²) in [5.74, 6) is -1.22. The highest BCUT2D eigenvalue weighted by Gasteiger charge is 2.39. The van der Waals surface area contributed by atoms with Gasteiger partial charge in [-0.15, -0.1) is 0 Å². The molecule has 3 atom stereocenters. The van der Waals surface area contributed by atoms with Crippen molar-refractivity contribution in [3.63, 3.8) is 0 Å². The SMILES string of the molecule is CN(CCCC(Cc1cccc(CCCc2cccc(CC(C(=O)OC(C)(C)C)C3CCN(C(=O)OC(C)(C)C)C3)c2)c1)C(=O)OC(C)(C)C)C(=O)OC(C)(C)C. The van der Waals surface area contributed by atoms with E-state index in [-0.39, 0.29) is 41.9 Å². The predicted octanol–water partition coefficient (Wildman–Crippen LogP) is 9.77. The van der Waals surface area contributed by atoms with Crippen molar-refractivity contribution < 1.29 is 38.1 Å². The Kier molecular flexibility index (Phi) is 16.6. The van der Waals surface area contributed by atoms with Crippen LogP contribution in [0, 0.1) is 17.8 Å². The second-order valence-electron chi connectivity index (χ2n) is 19.8. The number of benzene rings is 2. The van der Waals surface area contributed by atoms with Crippen molar-refractivity contribution in [2.75, 3.05) is 26.7 Å². The first-order chi connectivity index (χ1) is 26.3. The zero-order valence-electron chi connectivity index (χ0n) is 37.3. The number of carbonyl (C=O) groups excluding carboxylic acids is 4. The maximum atomic E-state index is 13.6. The second-order valence-corrected chi connectivity index (χ2v) is 19.8. The van der Waals surface area contributed by atoms with E-state index in [1.807, 2.05) is 83.1 Å². The molecule has 0 saturated carbocycles. The molecule has 0 bridgehead atoms. The number of hydrogen-bond acceptors (Lipinski definition) is 8. The molecule has 1 aliphatic heterocycles. The highest BCUT2D eigenvalue weighted by atomic mass is 16.6. The van der Waals surface area contributed by atoms with Crippen molar-refractivity contribution >= 4 is 24.1 Å². The fourth-order valence-electron chi connectivity index (χ4n) is 6.98. The van der Waals surface area contributed by atoms with E-state index in [1.165, 1.54) is 11.1 Å². The Bertz CT molecular complexity index is 1640. The molecule has 3 unspecified atom stereocenters. The van der Waals surface area contributed by atoms with Gasteiger partial charge in [0, 0.05) is 26.7 Å². The molecule has 1 aliphatic rings. The summed E-state index contributed by atoms with van der Waals surface area (Å²) < 4.78 is 22.8. The van der Waals surface area contributed by atoms with Crippen molar-refractivity contribution in [1.82, 2.24) is 9.80 Å². The zero-order chi connectivity index (χ0) is 42.8. The summed E-state index contributed by atoms with van der Waals surface area (Å²) >= 11 is 0. The van der Waals surface area contributed by atoms with Gasteiger partial charge in [0.2, 0.25) is 0 Å². The normalized spacial score (nSPS) is 16.1. The molecule has 10 heteroatoms. The van der Waals surface area contributed by atoms with Crippen LogP contribution in [0.5, 0.6) is 0 Å². The number of hydrogen-bond donors (Lipinski definition) is 0. The Morgan fingerprint density at radius 3 is 1.68 bits per heavy atom. The largest absolute Gasteiger partial charge is 0.460 e. The van der Waals surface area contributed by atoms with Crippen LogP contribution in [0.1, 0.15) is 131 Å². The van der Waals surface area contributed by atoms with Crippen LogP contribution in [0.15, 0.2) is 48.5 Å². The Balaban J connectivity index is 1.65. The molecule has 2 amide bonds. The summed E-state index contributed by atoms with van der Waals surface area (Å²) in [5.41, 5.74) is 2.19. The Morgan fingerprint density at radius 1 is 0.667 bits per heavy atom. The number of rotatable bonds is 15. The van der Waals surface area contributed by atoms with Crippen LogP contribution in [0.3, 0.4) is 0 Å². The first-order valence-corrected chi connectivity index (χ1v) is 20.8. The van der Waals surface area contributed by atoms with Crippen LogP contribution in [0.4, 0.5) is 9.59 Å². The average Bonchev–Trinajstić information content (AvgIpc) is 3.54. The fourth-order valence-corrected chi connectivity index (χ4v) is 6.98. The molecule has 1 heterocycles. The summed E-state index contributed by atoms with van der Waals surface area (Å²) in [6.07, 6.45) is 4.98. The van der Waals surface area contributed by atoms with Gasteiger partial charge in [-0.1, -0.05) is 48.5 Å². The molecule has 2 aromatic rings. The summed E-state index contributed by atoms with van der Waals surface area (Å²) in [6, 6.07) is 16.9. The standard InChI is InChI=1S/C47H72N2O8/c1-44(2,3)54-40(50)37(24-17-26-48(13)42(52)56-46(7,8)9)30-35-22-15-20-33(28-35)18-14-19-34-21-16-23-36(29-34)31-39(41(51)55-45(4,5)6)38-25-27-49(32-38)43(53)57-47(10,11)12/h15-16,20-23,28-29,37-39H,14,17-19,24-27,30-32H2,1-13H3. The lowest BCUT2D eigenvalue weighted by molar-refractivity contribution is -0.162. The van der Waals surface area contributed by atoms with E-state index in [2.05, 4.69) is 48.5 Å². The lowest BCUT2D eigenvalue weighted by Crippen LogP contribution is -2.38. The fraction of sp³-hybridized carbons (Fsp3) is 0.660. The monoisotopic (exact) mass is 793 g/mol. The van der Waals surface area contributed by atoms with Gasteiger partial charge in [-0.25, -0.2) is 9.59 Å². The number of carbonyl (C=O) groups is 4.